The number of benzene rings is 2. The van der Waals surface area contributed by atoms with Crippen molar-refractivity contribution in [2.45, 2.75) is 51.5 Å². The van der Waals surface area contributed by atoms with Crippen molar-refractivity contribution >= 4 is 0 Å². The van der Waals surface area contributed by atoms with Gasteiger partial charge in [0.2, 0.25) is 5.75 Å². The standard InChI is InChI=1S/C25H33NO5/c1-17-12-20-13-18(7-9-22(20)31-17)14-26(16-21-6-5-11-30-21)15-19-8-10-23(27-2)25(29-4)24(19)28-3/h7-10,13,17,21H,5-6,11-12,14-16H2,1-4H3. The van der Waals surface area contributed by atoms with Crippen LogP contribution in [0.25, 0.3) is 0 Å². The molecular formula is C25H33NO5. The van der Waals surface area contributed by atoms with Gasteiger partial charge in [-0.15, -0.1) is 0 Å². The molecule has 2 aliphatic rings. The fourth-order valence-corrected chi connectivity index (χ4v) is 4.62. The third-order valence-electron chi connectivity index (χ3n) is 6.03. The van der Waals surface area contributed by atoms with Crippen molar-refractivity contribution in [3.05, 3.63) is 47.0 Å². The highest BCUT2D eigenvalue weighted by Gasteiger charge is 2.24. The average molecular weight is 428 g/mol. The van der Waals surface area contributed by atoms with E-state index < -0.39 is 0 Å². The Labute approximate surface area is 185 Å². The molecule has 2 heterocycles. The molecule has 0 N–H and O–H groups in total. The Hall–Kier alpha value is -2.44. The summed E-state index contributed by atoms with van der Waals surface area (Å²) < 4.78 is 28.6. The molecule has 4 rings (SSSR count). The zero-order valence-corrected chi connectivity index (χ0v) is 19.0. The van der Waals surface area contributed by atoms with E-state index in [0.717, 1.165) is 62.6 Å². The fourth-order valence-electron chi connectivity index (χ4n) is 4.62. The summed E-state index contributed by atoms with van der Waals surface area (Å²) in [5.74, 6) is 3.03. The maximum atomic E-state index is 5.95. The molecule has 2 unspecified atom stereocenters. The lowest BCUT2D eigenvalue weighted by Crippen LogP contribution is -2.31. The Morgan fingerprint density at radius 2 is 1.84 bits per heavy atom. The molecule has 6 heteroatoms. The van der Waals surface area contributed by atoms with Gasteiger partial charge in [-0.2, -0.15) is 0 Å². The van der Waals surface area contributed by atoms with Gasteiger partial charge >= 0.3 is 0 Å². The normalized spacial score (nSPS) is 19.9. The number of hydrogen-bond donors (Lipinski definition) is 0. The van der Waals surface area contributed by atoms with E-state index in [-0.39, 0.29) is 12.2 Å². The van der Waals surface area contributed by atoms with Crippen molar-refractivity contribution in [3.8, 4) is 23.0 Å². The van der Waals surface area contributed by atoms with E-state index in [1.165, 1.54) is 11.1 Å². The Balaban J connectivity index is 1.58. The van der Waals surface area contributed by atoms with Crippen LogP contribution >= 0.6 is 0 Å². The highest BCUT2D eigenvalue weighted by molar-refractivity contribution is 5.55. The smallest absolute Gasteiger partial charge is 0.203 e. The first-order valence-electron chi connectivity index (χ1n) is 11.0. The molecule has 168 valence electrons. The summed E-state index contributed by atoms with van der Waals surface area (Å²) in [6, 6.07) is 10.6. The number of hydrogen-bond acceptors (Lipinski definition) is 6. The van der Waals surface area contributed by atoms with E-state index in [0.29, 0.717) is 11.5 Å². The molecule has 0 amide bonds. The highest BCUT2D eigenvalue weighted by Crippen LogP contribution is 2.40. The van der Waals surface area contributed by atoms with Gasteiger partial charge in [-0.3, -0.25) is 4.90 Å². The second kappa shape index (κ2) is 9.79. The van der Waals surface area contributed by atoms with Gasteiger partial charge in [-0.05, 0) is 43.0 Å². The molecule has 31 heavy (non-hydrogen) atoms. The van der Waals surface area contributed by atoms with Crippen LogP contribution < -0.4 is 18.9 Å². The third kappa shape index (κ3) is 4.91. The molecular weight excluding hydrogens is 394 g/mol. The minimum atomic E-state index is 0.254. The van der Waals surface area contributed by atoms with Crippen LogP contribution in [0.15, 0.2) is 30.3 Å². The van der Waals surface area contributed by atoms with E-state index in [2.05, 4.69) is 36.1 Å². The number of rotatable bonds is 9. The molecule has 0 bridgehead atoms. The third-order valence-corrected chi connectivity index (χ3v) is 6.03. The molecule has 2 aliphatic heterocycles. The lowest BCUT2D eigenvalue weighted by Gasteiger charge is -2.27. The first-order valence-corrected chi connectivity index (χ1v) is 11.0. The lowest BCUT2D eigenvalue weighted by molar-refractivity contribution is 0.0675. The molecule has 2 aromatic carbocycles. The first-order chi connectivity index (χ1) is 15.1. The summed E-state index contributed by atoms with van der Waals surface area (Å²) in [7, 11) is 4.95. The molecule has 6 nitrogen and oxygen atoms in total. The van der Waals surface area contributed by atoms with Crippen molar-refractivity contribution in [1.82, 2.24) is 4.90 Å². The van der Waals surface area contributed by atoms with Gasteiger partial charge < -0.3 is 23.7 Å². The fraction of sp³-hybridized carbons (Fsp3) is 0.520. The van der Waals surface area contributed by atoms with Crippen molar-refractivity contribution in [3.63, 3.8) is 0 Å². The first kappa shape index (κ1) is 21.8. The summed E-state index contributed by atoms with van der Waals surface area (Å²) in [5, 5.41) is 0. The van der Waals surface area contributed by atoms with Gasteiger partial charge in [0.25, 0.3) is 0 Å². The van der Waals surface area contributed by atoms with Gasteiger partial charge in [-0.25, -0.2) is 0 Å². The average Bonchev–Trinajstić information content (AvgIpc) is 3.41. The van der Waals surface area contributed by atoms with E-state index >= 15 is 0 Å². The highest BCUT2D eigenvalue weighted by atomic mass is 16.5. The Morgan fingerprint density at radius 1 is 1.00 bits per heavy atom. The number of fused-ring (bicyclic) bond motifs is 1. The van der Waals surface area contributed by atoms with E-state index in [9.17, 15) is 0 Å². The van der Waals surface area contributed by atoms with Crippen LogP contribution in [0.2, 0.25) is 0 Å². The molecule has 2 atom stereocenters. The summed E-state index contributed by atoms with van der Waals surface area (Å²) in [6.07, 6.45) is 3.73. The predicted octanol–water partition coefficient (Wildman–Crippen LogP) is 4.22. The summed E-state index contributed by atoms with van der Waals surface area (Å²) in [4.78, 5) is 2.43. The van der Waals surface area contributed by atoms with Gasteiger partial charge in [0.1, 0.15) is 11.9 Å². The monoisotopic (exact) mass is 427 g/mol. The number of methoxy groups -OCH3 is 3. The maximum Gasteiger partial charge on any atom is 0.203 e. The maximum absolute atomic E-state index is 5.95. The SMILES string of the molecule is COc1ccc(CN(Cc2ccc3c(c2)CC(C)O3)CC2CCCO2)c(OC)c1OC. The predicted molar refractivity (Wildman–Crippen MR) is 119 cm³/mol. The number of nitrogens with zero attached hydrogens (tertiary/aromatic N) is 1. The second-order valence-corrected chi connectivity index (χ2v) is 8.37. The van der Waals surface area contributed by atoms with Crippen LogP contribution in [-0.2, 0) is 24.2 Å². The number of ether oxygens (including phenoxy) is 5. The zero-order chi connectivity index (χ0) is 21.8. The summed E-state index contributed by atoms with van der Waals surface area (Å²) in [5.41, 5.74) is 3.65. The van der Waals surface area contributed by atoms with Crippen molar-refractivity contribution in [2.75, 3.05) is 34.5 Å². The topological polar surface area (TPSA) is 49.4 Å². The molecule has 0 aromatic heterocycles. The molecule has 2 aromatic rings. The van der Waals surface area contributed by atoms with Crippen LogP contribution in [0.4, 0.5) is 0 Å². The molecule has 0 radical (unpaired) electrons. The van der Waals surface area contributed by atoms with Crippen LogP contribution in [0.3, 0.4) is 0 Å². The minimum absolute atomic E-state index is 0.254. The zero-order valence-electron chi connectivity index (χ0n) is 19.0. The van der Waals surface area contributed by atoms with Crippen LogP contribution in [-0.4, -0.2) is 51.6 Å². The van der Waals surface area contributed by atoms with Gasteiger partial charge in [0.05, 0.1) is 27.4 Å². The van der Waals surface area contributed by atoms with Crippen molar-refractivity contribution in [1.29, 1.82) is 0 Å². The largest absolute Gasteiger partial charge is 0.493 e. The van der Waals surface area contributed by atoms with Gasteiger partial charge in [0, 0.05) is 38.2 Å². The van der Waals surface area contributed by atoms with E-state index in [1.807, 2.05) is 6.07 Å². The Morgan fingerprint density at radius 3 is 2.55 bits per heavy atom. The Kier molecular flexibility index (Phi) is 6.88. The summed E-state index contributed by atoms with van der Waals surface area (Å²) in [6.45, 7) is 5.41. The molecule has 0 spiro atoms. The van der Waals surface area contributed by atoms with Crippen LogP contribution in [0.5, 0.6) is 23.0 Å². The summed E-state index contributed by atoms with van der Waals surface area (Å²) >= 11 is 0. The molecule has 1 fully saturated rings. The van der Waals surface area contributed by atoms with Gasteiger partial charge in [-0.1, -0.05) is 18.2 Å². The molecule has 1 saturated heterocycles. The van der Waals surface area contributed by atoms with E-state index in [4.69, 9.17) is 23.7 Å². The van der Waals surface area contributed by atoms with Crippen LogP contribution in [0, 0.1) is 0 Å². The van der Waals surface area contributed by atoms with Crippen LogP contribution in [0.1, 0.15) is 36.5 Å². The lowest BCUT2D eigenvalue weighted by atomic mass is 10.1. The van der Waals surface area contributed by atoms with E-state index in [1.54, 1.807) is 21.3 Å². The molecule has 0 saturated carbocycles. The molecule has 0 aliphatic carbocycles. The van der Waals surface area contributed by atoms with Crippen molar-refractivity contribution in [2.24, 2.45) is 0 Å². The minimum Gasteiger partial charge on any atom is -0.493 e. The Bertz CT molecular complexity index is 894. The van der Waals surface area contributed by atoms with Crippen molar-refractivity contribution < 1.29 is 23.7 Å². The quantitative estimate of drug-likeness (QED) is 0.597. The second-order valence-electron chi connectivity index (χ2n) is 8.37. The van der Waals surface area contributed by atoms with Gasteiger partial charge in [0.15, 0.2) is 11.5 Å².